The third kappa shape index (κ3) is 2.55. The van der Waals surface area contributed by atoms with Gasteiger partial charge in [-0.1, -0.05) is 22.9 Å². The Morgan fingerprint density at radius 3 is 2.84 bits per heavy atom. The Hall–Kier alpha value is -1.65. The van der Waals surface area contributed by atoms with Crippen LogP contribution < -0.4 is 5.32 Å². The molecule has 3 rings (SSSR count). The van der Waals surface area contributed by atoms with E-state index in [1.165, 1.54) is 17.4 Å². The van der Waals surface area contributed by atoms with Gasteiger partial charge in [0.2, 0.25) is 0 Å². The molecule has 1 aromatic heterocycles. The third-order valence-corrected chi connectivity index (χ3v) is 3.95. The van der Waals surface area contributed by atoms with E-state index in [1.54, 1.807) is 19.1 Å². The summed E-state index contributed by atoms with van der Waals surface area (Å²) in [6.45, 7) is 1.73. The molecule has 2 nitrogen and oxygen atoms in total. The number of nitrogens with one attached hydrogen (secondary N) is 1. The molecular formula is C14H10ClFN2S. The van der Waals surface area contributed by atoms with Crippen LogP contribution in [-0.4, -0.2) is 4.98 Å². The lowest BCUT2D eigenvalue weighted by atomic mass is 10.2. The molecule has 0 unspecified atom stereocenters. The highest BCUT2D eigenvalue weighted by molar-refractivity contribution is 7.22. The Morgan fingerprint density at radius 1 is 1.21 bits per heavy atom. The van der Waals surface area contributed by atoms with Crippen molar-refractivity contribution in [3.05, 3.63) is 52.8 Å². The smallest absolute Gasteiger partial charge is 0.188 e. The van der Waals surface area contributed by atoms with Crippen LogP contribution in [0.15, 0.2) is 36.4 Å². The van der Waals surface area contributed by atoms with Gasteiger partial charge in [-0.3, -0.25) is 0 Å². The molecule has 19 heavy (non-hydrogen) atoms. The highest BCUT2D eigenvalue weighted by atomic mass is 35.5. The highest BCUT2D eigenvalue weighted by Crippen LogP contribution is 2.30. The van der Waals surface area contributed by atoms with Gasteiger partial charge in [0, 0.05) is 10.7 Å². The first-order valence-corrected chi connectivity index (χ1v) is 6.90. The topological polar surface area (TPSA) is 24.9 Å². The predicted molar refractivity (Wildman–Crippen MR) is 79.0 cm³/mol. The Morgan fingerprint density at radius 2 is 2.05 bits per heavy atom. The first kappa shape index (κ1) is 12.4. The number of nitrogens with zero attached hydrogens (tertiary/aromatic N) is 1. The molecule has 0 amide bonds. The van der Waals surface area contributed by atoms with Gasteiger partial charge in [-0.2, -0.15) is 0 Å². The van der Waals surface area contributed by atoms with E-state index in [2.05, 4.69) is 10.3 Å². The number of hydrogen-bond donors (Lipinski definition) is 1. The van der Waals surface area contributed by atoms with Crippen molar-refractivity contribution in [2.45, 2.75) is 6.92 Å². The number of thiazole rings is 1. The van der Waals surface area contributed by atoms with Gasteiger partial charge in [-0.05, 0) is 48.9 Å². The lowest BCUT2D eigenvalue weighted by Gasteiger charge is -2.03. The van der Waals surface area contributed by atoms with Crippen LogP contribution in [0.2, 0.25) is 5.02 Å². The Labute approximate surface area is 118 Å². The van der Waals surface area contributed by atoms with Crippen LogP contribution in [0, 0.1) is 12.7 Å². The zero-order chi connectivity index (χ0) is 13.4. The molecule has 3 aromatic rings. The molecular weight excluding hydrogens is 283 g/mol. The summed E-state index contributed by atoms with van der Waals surface area (Å²) in [7, 11) is 0. The van der Waals surface area contributed by atoms with Crippen LogP contribution in [-0.2, 0) is 0 Å². The van der Waals surface area contributed by atoms with Gasteiger partial charge in [-0.15, -0.1) is 0 Å². The molecule has 0 spiro atoms. The zero-order valence-corrected chi connectivity index (χ0v) is 11.6. The maximum atomic E-state index is 13.2. The average molecular weight is 293 g/mol. The summed E-state index contributed by atoms with van der Waals surface area (Å²) < 4.78 is 14.3. The number of benzene rings is 2. The van der Waals surface area contributed by atoms with Gasteiger partial charge < -0.3 is 5.32 Å². The molecule has 5 heteroatoms. The maximum Gasteiger partial charge on any atom is 0.188 e. The summed E-state index contributed by atoms with van der Waals surface area (Å²) in [4.78, 5) is 4.45. The minimum absolute atomic E-state index is 0.207. The number of fused-ring (bicyclic) bond motifs is 1. The van der Waals surface area contributed by atoms with Gasteiger partial charge in [0.05, 0.1) is 10.2 Å². The van der Waals surface area contributed by atoms with Gasteiger partial charge in [-0.25, -0.2) is 9.37 Å². The average Bonchev–Trinajstić information content (AvgIpc) is 2.75. The standard InChI is InChI=1S/C14H10ClFN2S/c1-8-6-10(3-4-11(8)16)17-14-18-12-7-9(15)2-5-13(12)19-14/h2-7H,1H3,(H,17,18). The minimum Gasteiger partial charge on any atom is -0.332 e. The molecule has 0 aliphatic rings. The van der Waals surface area contributed by atoms with Crippen LogP contribution in [0.4, 0.5) is 15.2 Å². The number of anilines is 2. The van der Waals surface area contributed by atoms with Crippen LogP contribution in [0.1, 0.15) is 5.56 Å². The van der Waals surface area contributed by atoms with Crippen molar-refractivity contribution in [2.24, 2.45) is 0 Å². The van der Waals surface area contributed by atoms with Crippen LogP contribution in [0.3, 0.4) is 0 Å². The fraction of sp³-hybridized carbons (Fsp3) is 0.0714. The second-order valence-corrected chi connectivity index (χ2v) is 5.69. The van der Waals surface area contributed by atoms with Crippen LogP contribution >= 0.6 is 22.9 Å². The second-order valence-electron chi connectivity index (χ2n) is 4.22. The molecule has 0 saturated carbocycles. The van der Waals surface area contributed by atoms with Crippen LogP contribution in [0.5, 0.6) is 0 Å². The molecule has 0 aliphatic heterocycles. The van der Waals surface area contributed by atoms with E-state index in [0.717, 1.165) is 21.0 Å². The molecule has 1 heterocycles. The number of aryl methyl sites for hydroxylation is 1. The van der Waals surface area contributed by atoms with E-state index in [-0.39, 0.29) is 5.82 Å². The Kier molecular flexibility index (Phi) is 3.12. The number of halogens is 2. The molecule has 0 bridgehead atoms. The largest absolute Gasteiger partial charge is 0.332 e. The molecule has 96 valence electrons. The zero-order valence-electron chi connectivity index (χ0n) is 10.1. The maximum absolute atomic E-state index is 13.2. The first-order chi connectivity index (χ1) is 9.11. The van der Waals surface area contributed by atoms with Crippen molar-refractivity contribution in [1.82, 2.24) is 4.98 Å². The van der Waals surface area contributed by atoms with E-state index in [4.69, 9.17) is 11.6 Å². The van der Waals surface area contributed by atoms with Crippen molar-refractivity contribution >= 4 is 44.0 Å². The Balaban J connectivity index is 1.94. The fourth-order valence-corrected chi connectivity index (χ4v) is 2.83. The van der Waals surface area contributed by atoms with Gasteiger partial charge in [0.25, 0.3) is 0 Å². The van der Waals surface area contributed by atoms with Crippen molar-refractivity contribution in [2.75, 3.05) is 5.32 Å². The van der Waals surface area contributed by atoms with Gasteiger partial charge >= 0.3 is 0 Å². The molecule has 0 saturated heterocycles. The summed E-state index contributed by atoms with van der Waals surface area (Å²) in [5.41, 5.74) is 2.29. The number of hydrogen-bond acceptors (Lipinski definition) is 3. The lowest BCUT2D eigenvalue weighted by Crippen LogP contribution is -1.91. The summed E-state index contributed by atoms with van der Waals surface area (Å²) in [5, 5.41) is 4.61. The molecule has 0 radical (unpaired) electrons. The molecule has 0 aliphatic carbocycles. The minimum atomic E-state index is -0.207. The summed E-state index contributed by atoms with van der Waals surface area (Å²) in [5.74, 6) is -0.207. The molecule has 2 aromatic carbocycles. The fourth-order valence-electron chi connectivity index (χ4n) is 1.80. The molecule has 0 fully saturated rings. The van der Waals surface area contributed by atoms with Gasteiger partial charge in [0.1, 0.15) is 5.82 Å². The van der Waals surface area contributed by atoms with E-state index in [0.29, 0.717) is 10.6 Å². The summed E-state index contributed by atoms with van der Waals surface area (Å²) in [6, 6.07) is 10.5. The van der Waals surface area contributed by atoms with Crippen molar-refractivity contribution in [3.63, 3.8) is 0 Å². The van der Waals surface area contributed by atoms with E-state index >= 15 is 0 Å². The summed E-state index contributed by atoms with van der Waals surface area (Å²) >= 11 is 7.47. The SMILES string of the molecule is Cc1cc(Nc2nc3cc(Cl)ccc3s2)ccc1F. The van der Waals surface area contributed by atoms with Gasteiger partial charge in [0.15, 0.2) is 5.13 Å². The second kappa shape index (κ2) is 4.79. The lowest BCUT2D eigenvalue weighted by molar-refractivity contribution is 0.619. The first-order valence-electron chi connectivity index (χ1n) is 5.71. The monoisotopic (exact) mass is 292 g/mol. The van der Waals surface area contributed by atoms with Crippen molar-refractivity contribution in [1.29, 1.82) is 0 Å². The van der Waals surface area contributed by atoms with E-state index < -0.39 is 0 Å². The van der Waals surface area contributed by atoms with Crippen LogP contribution in [0.25, 0.3) is 10.2 Å². The number of aromatic nitrogens is 1. The highest BCUT2D eigenvalue weighted by Gasteiger charge is 2.05. The normalized spacial score (nSPS) is 10.9. The number of rotatable bonds is 2. The quantitative estimate of drug-likeness (QED) is 0.707. The van der Waals surface area contributed by atoms with E-state index in [9.17, 15) is 4.39 Å². The summed E-state index contributed by atoms with van der Waals surface area (Å²) in [6.07, 6.45) is 0. The Bertz CT molecular complexity index is 754. The third-order valence-electron chi connectivity index (χ3n) is 2.76. The molecule has 0 atom stereocenters. The van der Waals surface area contributed by atoms with E-state index in [1.807, 2.05) is 18.2 Å². The predicted octanol–water partition coefficient (Wildman–Crippen LogP) is 5.14. The van der Waals surface area contributed by atoms with Crippen molar-refractivity contribution < 1.29 is 4.39 Å². The molecule has 1 N–H and O–H groups in total. The van der Waals surface area contributed by atoms with Crippen molar-refractivity contribution in [3.8, 4) is 0 Å².